The van der Waals surface area contributed by atoms with Crippen molar-refractivity contribution in [2.75, 3.05) is 56.9 Å². The SMILES string of the molecule is C1CC2C3CCC(C3)C2C1.C1CC2C3CCC(C3)C2C1.CCCCCCCCCCCCCCCCCC(=O)Nc1ccc(OC)c(NC(=O)C(C(C)=O)N2C(=O)NC(C)(C)C2=O)c1.COc1ccc(-n2[nH]nnc2=S)cc1.Cc1cc(C)c(O)c(C(C)(C)C)c1.Cc1cc(C)c(O)c(C)c1.Cc1cc(C)c(O)cc1C.O=C(N1CCOCC1)[n+]1ccc(CCS(=O)(=O)[O-])cc1. The number of hydrogen-bond donors (Lipinski definition) is 7. The van der Waals surface area contributed by atoms with Crippen molar-refractivity contribution < 1.29 is 75.8 Å². The predicted molar refractivity (Wildman–Crippen MR) is 519 cm³/mol. The summed E-state index contributed by atoms with van der Waals surface area (Å²) in [5, 5.41) is 46.3. The number of aromatic amines is 1. The molecule has 6 saturated carbocycles. The van der Waals surface area contributed by atoms with Crippen molar-refractivity contribution >= 4 is 69.3 Å². The highest BCUT2D eigenvalue weighted by molar-refractivity contribution is 7.85. The van der Waals surface area contributed by atoms with E-state index in [1.165, 1.54) is 173 Å². The van der Waals surface area contributed by atoms with Crippen LogP contribution in [-0.4, -0.2) is 152 Å². The number of tetrazole rings is 1. The number of rotatable bonds is 27. The van der Waals surface area contributed by atoms with E-state index in [0.29, 0.717) is 76.6 Å². The highest BCUT2D eigenvalue weighted by atomic mass is 32.2. The minimum Gasteiger partial charge on any atom is -0.748 e. The van der Waals surface area contributed by atoms with E-state index in [9.17, 15) is 57.1 Å². The number of aromatic nitrogens is 5. The number of carbonyl (C=O) groups is 6. The van der Waals surface area contributed by atoms with Gasteiger partial charge in [-0.15, -0.1) is 0 Å². The van der Waals surface area contributed by atoms with Crippen LogP contribution in [-0.2, 0) is 45.9 Å². The van der Waals surface area contributed by atoms with E-state index in [4.69, 9.17) is 26.4 Å². The number of phenolic OH excluding ortho intramolecular Hbond substituents is 3. The van der Waals surface area contributed by atoms with E-state index in [1.807, 2.05) is 97.0 Å². The topological polar surface area (TPSA) is 341 Å². The van der Waals surface area contributed by atoms with Crippen LogP contribution in [0.4, 0.5) is 21.0 Å². The summed E-state index contributed by atoms with van der Waals surface area (Å²) >= 11 is 4.96. The molecule has 7 N–H and O–H groups in total. The zero-order chi connectivity index (χ0) is 95.9. The first-order valence-electron chi connectivity index (χ1n) is 48.0. The number of aromatic hydroxyl groups is 3. The fourth-order valence-corrected chi connectivity index (χ4v) is 20.8. The zero-order valence-corrected chi connectivity index (χ0v) is 82.9. The average Bonchev–Trinajstić information content (AvgIpc) is 1.60. The Balaban J connectivity index is 0.000000201. The van der Waals surface area contributed by atoms with Crippen LogP contribution in [0.5, 0.6) is 28.7 Å². The number of nitrogens with zero attached hydrogens (tertiary/aromatic N) is 6. The van der Waals surface area contributed by atoms with Gasteiger partial charge >= 0.3 is 12.1 Å². The van der Waals surface area contributed by atoms with E-state index >= 15 is 0 Å². The van der Waals surface area contributed by atoms with Gasteiger partial charge in [-0.05, 0) is 323 Å². The minimum absolute atomic E-state index is 0.0147. The number of hydrogen-bond acceptors (Lipinski definition) is 18. The number of carbonyl (C=O) groups excluding carboxylic acids is 6. The fraction of sp³-hybridized carbons (Fsp3) is 0.596. The van der Waals surface area contributed by atoms with Crippen LogP contribution >= 0.6 is 12.2 Å². The second kappa shape index (κ2) is 51.6. The molecular weight excluding hydrogens is 1690 g/mol. The Bertz CT molecular complexity index is 4900. The summed E-state index contributed by atoms with van der Waals surface area (Å²) in [6.45, 7) is 30.7. The maximum absolute atomic E-state index is 13.2. The number of ketones is 1. The molecule has 2 saturated heterocycles. The number of pyridine rings is 1. The van der Waals surface area contributed by atoms with Crippen molar-refractivity contribution in [2.45, 2.75) is 307 Å². The molecule has 5 aromatic carbocycles. The Labute approximate surface area is 785 Å². The van der Waals surface area contributed by atoms with Crippen molar-refractivity contribution in [2.24, 2.45) is 47.3 Å². The molecule has 7 aromatic rings. The lowest BCUT2D eigenvalue weighted by atomic mass is 9.82. The summed E-state index contributed by atoms with van der Waals surface area (Å²) < 4.78 is 50.6. The average molecular weight is 1850 g/mol. The van der Waals surface area contributed by atoms with Gasteiger partial charge in [0.15, 0.2) is 11.8 Å². The predicted octanol–water partition coefficient (Wildman–Crippen LogP) is 21.4. The molecule has 2 aliphatic heterocycles. The molecule has 8 fully saturated rings. The van der Waals surface area contributed by atoms with Gasteiger partial charge in [0.05, 0.1) is 61.3 Å². The molecule has 6 aliphatic carbocycles. The van der Waals surface area contributed by atoms with Crippen molar-refractivity contribution in [3.05, 3.63) is 164 Å². The molecule has 0 spiro atoms. The third-order valence-corrected chi connectivity index (χ3v) is 28.2. The Morgan fingerprint density at radius 3 is 1.56 bits per heavy atom. The first kappa shape index (κ1) is 107. The third-order valence-electron chi connectivity index (χ3n) is 27.3. The molecule has 2 aromatic heterocycles. The van der Waals surface area contributed by atoms with Crippen LogP contribution < -0.4 is 30.0 Å². The first-order chi connectivity index (χ1) is 62.2. The van der Waals surface area contributed by atoms with Crippen molar-refractivity contribution in [3.63, 3.8) is 0 Å². The van der Waals surface area contributed by atoms with E-state index in [0.717, 1.165) is 71.0 Å². The quantitative estimate of drug-likeness (QED) is 0.00628. The molecular formula is C104H152N10O15S2. The number of methoxy groups -OCH3 is 2. The standard InChI is InChI=1S/C34H54N4O6.C12H16N2O5S.C12H18O.2C10H16.2C9H12O.C8H8N4OS/c1-6-7-8-9-10-11-12-13-14-15-16-17-18-19-20-21-29(40)35-26-22-23-28(44-5)27(24-26)36-31(41)30(25(2)39)38-32(42)34(3,4)37-33(38)43;15-12(14-6-8-19-9-7-14)13-4-1-11(2-5-13)3-10-20(16,17)18;1-8-6-9(2)11(13)10(7-8)12(3,4)5;2*1-2-9-7-4-5-8(6-7)10(9)3-1;1-6-4-8(3)9(10)5-7(6)2;1-6-4-7(2)9(10)8(3)5-6;1-13-7-4-2-6(3-5-7)12-8(14)9-10-11-12/h22-24,30H,6-21H2,1-5H3,(H,35,40)(H,36,41)(H,37,43);1-2,4-5H,3,6-10H2;6-7,13H,1-5H3;2*7-10H,1-6H2;2*4-5,10H,1-3H3;2-5H,1H3,(H,9,11,14). The van der Waals surface area contributed by atoms with Gasteiger partial charge in [0.2, 0.25) is 10.7 Å². The van der Waals surface area contributed by atoms with Gasteiger partial charge in [0.1, 0.15) is 47.4 Å². The smallest absolute Gasteiger partial charge is 0.498 e. The highest BCUT2D eigenvalue weighted by Gasteiger charge is 2.52. The number of ether oxygens (including phenoxy) is 3. The lowest BCUT2D eigenvalue weighted by Crippen LogP contribution is -2.55. The molecule has 4 bridgehead atoms. The van der Waals surface area contributed by atoms with Gasteiger partial charge in [-0.2, -0.15) is 14.6 Å². The number of Topliss-reactive ketones (excluding diaryl/α,β-unsaturated/α-hetero) is 1. The van der Waals surface area contributed by atoms with Crippen LogP contribution in [0.2, 0.25) is 0 Å². The maximum Gasteiger partial charge on any atom is 0.498 e. The number of imide groups is 1. The molecule has 25 nitrogen and oxygen atoms in total. The van der Waals surface area contributed by atoms with Crippen LogP contribution in [0.15, 0.2) is 103 Å². The van der Waals surface area contributed by atoms with Crippen LogP contribution in [0.1, 0.15) is 284 Å². The Morgan fingerprint density at radius 2 is 1.11 bits per heavy atom. The second-order valence-electron chi connectivity index (χ2n) is 38.9. The number of anilines is 2. The number of phenols is 3. The normalized spacial score (nSPS) is 20.0. The highest BCUT2D eigenvalue weighted by Crippen LogP contribution is 2.60. The van der Waals surface area contributed by atoms with Gasteiger partial charge in [0.25, 0.3) is 11.8 Å². The van der Waals surface area contributed by atoms with Gasteiger partial charge in [-0.1, -0.05) is 182 Å². The van der Waals surface area contributed by atoms with Crippen molar-refractivity contribution in [3.8, 4) is 34.4 Å². The summed E-state index contributed by atoms with van der Waals surface area (Å²) in [6, 6.07) is 24.7. The Morgan fingerprint density at radius 1 is 0.626 bits per heavy atom. The van der Waals surface area contributed by atoms with Crippen LogP contribution in [0, 0.1) is 108 Å². The lowest BCUT2D eigenvalue weighted by Gasteiger charge is -2.23. The minimum atomic E-state index is -4.21. The number of fused-ring (bicyclic) bond motifs is 10. The molecule has 8 aliphatic rings. The lowest BCUT2D eigenvalue weighted by molar-refractivity contribution is -0.578. The molecule has 6 amide bonds. The van der Waals surface area contributed by atoms with Gasteiger partial charge in [0, 0.05) is 17.9 Å². The largest absolute Gasteiger partial charge is 0.748 e. The molecule has 131 heavy (non-hydrogen) atoms. The Hall–Kier alpha value is -9.57. The van der Waals surface area contributed by atoms with E-state index in [2.05, 4.69) is 72.2 Å². The van der Waals surface area contributed by atoms with Crippen molar-refractivity contribution in [1.82, 2.24) is 35.3 Å². The van der Waals surface area contributed by atoms with E-state index in [1.54, 1.807) is 136 Å². The first-order valence-corrected chi connectivity index (χ1v) is 50.0. The summed E-state index contributed by atoms with van der Waals surface area (Å²) in [5.41, 5.74) is 10.6. The molecule has 0 radical (unpaired) electrons. The van der Waals surface area contributed by atoms with Gasteiger partial charge < -0.3 is 50.0 Å². The summed E-state index contributed by atoms with van der Waals surface area (Å²) in [4.78, 5) is 77.7. The number of benzene rings is 5. The monoisotopic (exact) mass is 1850 g/mol. The number of urea groups is 1. The zero-order valence-electron chi connectivity index (χ0n) is 81.3. The van der Waals surface area contributed by atoms with E-state index in [-0.39, 0.29) is 29.5 Å². The summed E-state index contributed by atoms with van der Waals surface area (Å²) in [5.74, 6) is 9.16. The molecule has 720 valence electrons. The molecule has 9 atom stereocenters. The van der Waals surface area contributed by atoms with Crippen LogP contribution in [0.3, 0.4) is 0 Å². The summed E-state index contributed by atoms with van der Waals surface area (Å²) in [7, 11) is -1.17. The Kier molecular flexibility index (Phi) is 42.1. The van der Waals surface area contributed by atoms with E-state index < -0.39 is 51.1 Å². The van der Waals surface area contributed by atoms with Gasteiger partial charge in [-0.25, -0.2) is 27.7 Å². The molecule has 15 rings (SSSR count). The number of unbranched alkanes of at least 4 members (excludes halogenated alkanes) is 14. The van der Waals surface area contributed by atoms with Crippen molar-refractivity contribution in [1.29, 1.82) is 0 Å². The molecule has 9 unspecified atom stereocenters. The molecule has 4 heterocycles. The number of morpholine rings is 1. The number of nitrogens with one attached hydrogen (secondary N) is 4. The maximum atomic E-state index is 13.2. The number of aryl methyl sites for hydroxylation is 9. The second-order valence-corrected chi connectivity index (χ2v) is 40.8. The van der Waals surface area contributed by atoms with Gasteiger partial charge in [-0.3, -0.25) is 19.2 Å². The number of amides is 6. The summed E-state index contributed by atoms with van der Waals surface area (Å²) in [6.07, 6.45) is 41.6. The third kappa shape index (κ3) is 32.7. The number of H-pyrrole nitrogens is 1. The molecule has 27 heteroatoms. The van der Waals surface area contributed by atoms with Crippen LogP contribution in [0.25, 0.3) is 5.69 Å². The fourth-order valence-electron chi connectivity index (χ4n) is 20.2.